The minimum Gasteiger partial charge on any atom is -0.366 e. The molecule has 0 saturated carbocycles. The fourth-order valence-electron chi connectivity index (χ4n) is 4.52. The van der Waals surface area contributed by atoms with Crippen LogP contribution in [0, 0.1) is 17.7 Å². The van der Waals surface area contributed by atoms with Gasteiger partial charge in [0.15, 0.2) is 0 Å². The van der Waals surface area contributed by atoms with E-state index in [1.807, 2.05) is 4.90 Å². The summed E-state index contributed by atoms with van der Waals surface area (Å²) in [5.41, 5.74) is 1.75. The minimum atomic E-state index is -0.431. The third kappa shape index (κ3) is 3.86. The molecule has 2 atom stereocenters. The highest BCUT2D eigenvalue weighted by molar-refractivity contribution is 6.35. The lowest BCUT2D eigenvalue weighted by atomic mass is 9.91. The normalized spacial score (nSPS) is 22.3. The molecule has 2 heterocycles. The van der Waals surface area contributed by atoms with E-state index < -0.39 is 11.7 Å². The van der Waals surface area contributed by atoms with Gasteiger partial charge in [0, 0.05) is 23.7 Å². The number of nitrogens with zero attached hydrogens (tertiary/aromatic N) is 2. The van der Waals surface area contributed by atoms with Crippen molar-refractivity contribution in [3.8, 4) is 0 Å². The molecule has 0 radical (unpaired) electrons. The number of rotatable bonds is 4. The van der Waals surface area contributed by atoms with Crippen molar-refractivity contribution < 1.29 is 14.0 Å². The van der Waals surface area contributed by atoms with Crippen LogP contribution in [0.2, 0.25) is 5.02 Å². The molecule has 0 bridgehead atoms. The molecule has 2 aliphatic rings. The van der Waals surface area contributed by atoms with E-state index in [1.165, 1.54) is 6.07 Å². The smallest absolute Gasteiger partial charge is 0.278 e. The van der Waals surface area contributed by atoms with Gasteiger partial charge in [0.1, 0.15) is 11.5 Å². The van der Waals surface area contributed by atoms with E-state index in [0.29, 0.717) is 52.3 Å². The van der Waals surface area contributed by atoms with Crippen molar-refractivity contribution in [3.63, 3.8) is 0 Å². The van der Waals surface area contributed by atoms with Gasteiger partial charge in [-0.1, -0.05) is 55.8 Å². The summed E-state index contributed by atoms with van der Waals surface area (Å²) in [6, 6.07) is 13.2. The van der Waals surface area contributed by atoms with Gasteiger partial charge in [0.2, 0.25) is 0 Å². The first-order valence-corrected chi connectivity index (χ1v) is 10.6. The Hall–Kier alpha value is -2.66. The lowest BCUT2D eigenvalue weighted by Gasteiger charge is -2.37. The van der Waals surface area contributed by atoms with Crippen molar-refractivity contribution in [1.29, 1.82) is 0 Å². The van der Waals surface area contributed by atoms with Crippen LogP contribution in [0.5, 0.6) is 0 Å². The van der Waals surface area contributed by atoms with E-state index in [0.717, 1.165) is 11.3 Å². The van der Waals surface area contributed by atoms with Crippen molar-refractivity contribution in [3.05, 3.63) is 76.2 Å². The van der Waals surface area contributed by atoms with Crippen LogP contribution in [-0.4, -0.2) is 34.7 Å². The topological polar surface area (TPSA) is 40.6 Å². The standard InChI is InChI=1S/C24H24ClFN2O2/c1-15-11-16(2)13-27(12-15)22-21(17-7-9-19(25)10-8-17)23(29)28(24(22)30)14-18-5-3-4-6-20(18)26/h3-10,15-16H,11-14H2,1-2H3. The summed E-state index contributed by atoms with van der Waals surface area (Å²) in [5.74, 6) is -0.367. The van der Waals surface area contributed by atoms with Crippen LogP contribution in [0.1, 0.15) is 31.4 Å². The third-order valence-electron chi connectivity index (χ3n) is 5.75. The molecule has 1 fully saturated rings. The summed E-state index contributed by atoms with van der Waals surface area (Å²) in [7, 11) is 0. The van der Waals surface area contributed by atoms with Crippen molar-refractivity contribution in [2.24, 2.45) is 11.8 Å². The Balaban J connectivity index is 1.76. The van der Waals surface area contributed by atoms with Gasteiger partial charge in [0.25, 0.3) is 11.8 Å². The van der Waals surface area contributed by atoms with Gasteiger partial charge in [-0.05, 0) is 42.0 Å². The van der Waals surface area contributed by atoms with E-state index in [-0.39, 0.29) is 12.5 Å². The SMILES string of the molecule is CC1CC(C)CN(C2=C(c3ccc(Cl)cc3)C(=O)N(Cc3ccccc3F)C2=O)C1. The number of carbonyl (C=O) groups is 2. The fraction of sp³-hybridized carbons (Fsp3) is 0.333. The fourth-order valence-corrected chi connectivity index (χ4v) is 4.65. The molecule has 30 heavy (non-hydrogen) atoms. The summed E-state index contributed by atoms with van der Waals surface area (Å²) in [6.45, 7) is 5.64. The van der Waals surface area contributed by atoms with Gasteiger partial charge in [-0.3, -0.25) is 14.5 Å². The van der Waals surface area contributed by atoms with Crippen LogP contribution < -0.4 is 0 Å². The van der Waals surface area contributed by atoms with Gasteiger partial charge in [-0.25, -0.2) is 4.39 Å². The number of carbonyl (C=O) groups excluding carboxylic acids is 2. The predicted molar refractivity (Wildman–Crippen MR) is 115 cm³/mol. The molecule has 0 aromatic heterocycles. The molecule has 0 N–H and O–H groups in total. The highest BCUT2D eigenvalue weighted by Gasteiger charge is 2.43. The number of benzene rings is 2. The van der Waals surface area contributed by atoms with Gasteiger partial charge < -0.3 is 4.90 Å². The second-order valence-corrected chi connectivity index (χ2v) is 8.81. The molecular formula is C24H24ClFN2O2. The van der Waals surface area contributed by atoms with Crippen LogP contribution in [0.25, 0.3) is 5.57 Å². The number of hydrogen-bond donors (Lipinski definition) is 0. The quantitative estimate of drug-likeness (QED) is 0.663. The maximum atomic E-state index is 14.2. The Morgan fingerprint density at radius 1 is 0.967 bits per heavy atom. The zero-order valence-electron chi connectivity index (χ0n) is 17.1. The zero-order valence-corrected chi connectivity index (χ0v) is 17.8. The third-order valence-corrected chi connectivity index (χ3v) is 6.00. The first-order chi connectivity index (χ1) is 14.3. The Labute approximate surface area is 180 Å². The molecular weight excluding hydrogens is 403 g/mol. The highest BCUT2D eigenvalue weighted by Crippen LogP contribution is 2.36. The van der Waals surface area contributed by atoms with Crippen LogP contribution in [0.3, 0.4) is 0 Å². The number of likely N-dealkylation sites (tertiary alicyclic amines) is 1. The molecule has 0 aliphatic carbocycles. The van der Waals surface area contributed by atoms with Crippen molar-refractivity contribution in [2.75, 3.05) is 13.1 Å². The zero-order chi connectivity index (χ0) is 21.4. The van der Waals surface area contributed by atoms with Crippen LogP contribution in [0.4, 0.5) is 4.39 Å². The maximum absolute atomic E-state index is 14.2. The monoisotopic (exact) mass is 426 g/mol. The number of imide groups is 1. The summed E-state index contributed by atoms with van der Waals surface area (Å²) in [6.07, 6.45) is 1.08. The van der Waals surface area contributed by atoms with Crippen molar-refractivity contribution >= 4 is 29.0 Å². The van der Waals surface area contributed by atoms with E-state index in [1.54, 1.807) is 42.5 Å². The Morgan fingerprint density at radius 3 is 2.23 bits per heavy atom. The molecule has 2 unspecified atom stereocenters. The largest absolute Gasteiger partial charge is 0.366 e. The maximum Gasteiger partial charge on any atom is 0.278 e. The van der Waals surface area contributed by atoms with Gasteiger partial charge in [-0.2, -0.15) is 0 Å². The molecule has 0 spiro atoms. The summed E-state index contributed by atoms with van der Waals surface area (Å²) in [5, 5.41) is 0.557. The summed E-state index contributed by atoms with van der Waals surface area (Å²) in [4.78, 5) is 30.0. The molecule has 2 aromatic rings. The first kappa shape index (κ1) is 20.6. The van der Waals surface area contributed by atoms with Gasteiger partial charge >= 0.3 is 0 Å². The first-order valence-electron chi connectivity index (χ1n) is 10.2. The van der Waals surface area contributed by atoms with E-state index in [2.05, 4.69) is 13.8 Å². The Bertz CT molecular complexity index is 1010. The second-order valence-electron chi connectivity index (χ2n) is 8.37. The molecule has 2 aromatic carbocycles. The molecule has 4 rings (SSSR count). The number of piperidine rings is 1. The minimum absolute atomic E-state index is 0.0934. The van der Waals surface area contributed by atoms with Crippen LogP contribution >= 0.6 is 11.6 Å². The lowest BCUT2D eigenvalue weighted by Crippen LogP contribution is -2.41. The Morgan fingerprint density at radius 2 is 1.60 bits per heavy atom. The Kier molecular flexibility index (Phi) is 5.65. The highest BCUT2D eigenvalue weighted by atomic mass is 35.5. The molecule has 2 amide bonds. The molecule has 4 nitrogen and oxygen atoms in total. The number of amides is 2. The lowest BCUT2D eigenvalue weighted by molar-refractivity contribution is -0.138. The van der Waals surface area contributed by atoms with Crippen LogP contribution in [0.15, 0.2) is 54.2 Å². The van der Waals surface area contributed by atoms with Gasteiger partial charge in [-0.15, -0.1) is 0 Å². The molecule has 2 aliphatic heterocycles. The van der Waals surface area contributed by atoms with E-state index >= 15 is 0 Å². The van der Waals surface area contributed by atoms with E-state index in [4.69, 9.17) is 11.6 Å². The average Bonchev–Trinajstić information content (AvgIpc) is 2.94. The number of hydrogen-bond acceptors (Lipinski definition) is 3. The predicted octanol–water partition coefficient (Wildman–Crippen LogP) is 4.74. The van der Waals surface area contributed by atoms with Crippen molar-refractivity contribution in [1.82, 2.24) is 9.80 Å². The molecule has 6 heteroatoms. The average molecular weight is 427 g/mol. The van der Waals surface area contributed by atoms with Crippen molar-refractivity contribution in [2.45, 2.75) is 26.8 Å². The van der Waals surface area contributed by atoms with E-state index in [9.17, 15) is 14.0 Å². The summed E-state index contributed by atoms with van der Waals surface area (Å²) >= 11 is 6.03. The second kappa shape index (κ2) is 8.23. The number of halogens is 2. The summed E-state index contributed by atoms with van der Waals surface area (Å²) < 4.78 is 14.2. The van der Waals surface area contributed by atoms with Gasteiger partial charge in [0.05, 0.1) is 12.1 Å². The molecule has 1 saturated heterocycles. The van der Waals surface area contributed by atoms with Crippen LogP contribution in [-0.2, 0) is 16.1 Å². The molecule has 156 valence electrons.